The van der Waals surface area contributed by atoms with Crippen LogP contribution in [-0.4, -0.2) is 34.9 Å². The molecule has 4 heteroatoms. The van der Waals surface area contributed by atoms with E-state index < -0.39 is 11.6 Å². The average Bonchev–Trinajstić information content (AvgIpc) is 2.57. The predicted molar refractivity (Wildman–Crippen MR) is 90.6 cm³/mol. The Labute approximate surface area is 136 Å². The third-order valence-electron chi connectivity index (χ3n) is 3.93. The number of carboxylic acid groups (broad SMARTS) is 1. The summed E-state index contributed by atoms with van der Waals surface area (Å²) in [7, 11) is 0. The van der Waals surface area contributed by atoms with Crippen molar-refractivity contribution in [1.82, 2.24) is 5.32 Å². The summed E-state index contributed by atoms with van der Waals surface area (Å²) in [5.74, 6) is -0.879. The van der Waals surface area contributed by atoms with E-state index in [9.17, 15) is 9.90 Å². The fourth-order valence-electron chi connectivity index (χ4n) is 2.63. The second-order valence-corrected chi connectivity index (χ2v) is 5.81. The lowest BCUT2D eigenvalue weighted by Crippen LogP contribution is -2.43. The van der Waals surface area contributed by atoms with Crippen LogP contribution in [0.4, 0.5) is 0 Å². The Hall–Kier alpha value is -2.17. The Balaban J connectivity index is 0.000000185. The number of carbonyl (C=O) groups is 1. The molecule has 2 aromatic rings. The third kappa shape index (κ3) is 5.85. The molecule has 1 heterocycles. The first kappa shape index (κ1) is 17.2. The summed E-state index contributed by atoms with van der Waals surface area (Å²) in [5.41, 5.74) is 1.08. The van der Waals surface area contributed by atoms with Crippen LogP contribution in [0.1, 0.15) is 28.8 Å². The van der Waals surface area contributed by atoms with E-state index in [1.54, 1.807) is 30.3 Å². The van der Waals surface area contributed by atoms with Crippen LogP contribution < -0.4 is 5.32 Å². The lowest BCUT2D eigenvalue weighted by molar-refractivity contribution is 0.0109. The van der Waals surface area contributed by atoms with Crippen LogP contribution in [0.25, 0.3) is 0 Å². The van der Waals surface area contributed by atoms with Crippen molar-refractivity contribution in [2.24, 2.45) is 0 Å². The fraction of sp³-hybridized carbons (Fsp3) is 0.316. The molecule has 0 atom stereocenters. The standard InChI is InChI=1S/C12H17NO.C7H6O2/c14-12(6-8-13-9-7-12)10-11-4-2-1-3-5-11;8-7(9)6-4-2-1-3-5-6/h1-5,13-14H,6-10H2;1-5H,(H,8,9). The largest absolute Gasteiger partial charge is 0.478 e. The Bertz CT molecular complexity index is 593. The zero-order chi connectivity index (χ0) is 16.5. The number of nitrogens with one attached hydrogen (secondary N) is 1. The molecule has 1 aliphatic rings. The normalized spacial score (nSPS) is 16.0. The van der Waals surface area contributed by atoms with Gasteiger partial charge in [0, 0.05) is 6.42 Å². The average molecular weight is 313 g/mol. The molecule has 0 aromatic heterocycles. The molecular weight excluding hydrogens is 290 g/mol. The number of benzene rings is 2. The maximum absolute atomic E-state index is 10.3. The van der Waals surface area contributed by atoms with E-state index in [-0.39, 0.29) is 0 Å². The van der Waals surface area contributed by atoms with Gasteiger partial charge in [-0.1, -0.05) is 48.5 Å². The van der Waals surface area contributed by atoms with Crippen molar-refractivity contribution in [1.29, 1.82) is 0 Å². The molecule has 0 unspecified atom stereocenters. The van der Waals surface area contributed by atoms with Crippen LogP contribution in [0.3, 0.4) is 0 Å². The topological polar surface area (TPSA) is 69.6 Å². The molecule has 4 nitrogen and oxygen atoms in total. The fourth-order valence-corrected chi connectivity index (χ4v) is 2.63. The van der Waals surface area contributed by atoms with Crippen molar-refractivity contribution in [2.45, 2.75) is 24.9 Å². The monoisotopic (exact) mass is 313 g/mol. The molecule has 3 rings (SSSR count). The highest BCUT2D eigenvalue weighted by Crippen LogP contribution is 2.22. The molecule has 0 aliphatic carbocycles. The summed E-state index contributed by atoms with van der Waals surface area (Å²) in [6.07, 6.45) is 2.51. The van der Waals surface area contributed by atoms with Gasteiger partial charge < -0.3 is 15.5 Å². The highest BCUT2D eigenvalue weighted by Gasteiger charge is 2.28. The number of rotatable bonds is 3. The van der Waals surface area contributed by atoms with Gasteiger partial charge in [0.1, 0.15) is 0 Å². The van der Waals surface area contributed by atoms with Gasteiger partial charge in [-0.2, -0.15) is 0 Å². The van der Waals surface area contributed by atoms with E-state index in [0.29, 0.717) is 5.56 Å². The minimum atomic E-state index is -0.879. The minimum Gasteiger partial charge on any atom is -0.478 e. The van der Waals surface area contributed by atoms with Crippen molar-refractivity contribution >= 4 is 5.97 Å². The van der Waals surface area contributed by atoms with Gasteiger partial charge in [0.25, 0.3) is 0 Å². The summed E-state index contributed by atoms with van der Waals surface area (Å²) >= 11 is 0. The molecule has 0 spiro atoms. The molecule has 2 aromatic carbocycles. The summed E-state index contributed by atoms with van der Waals surface area (Å²) in [4.78, 5) is 10.2. The summed E-state index contributed by atoms with van der Waals surface area (Å²) in [6, 6.07) is 18.5. The first-order valence-electron chi connectivity index (χ1n) is 7.84. The molecular formula is C19H23NO3. The van der Waals surface area contributed by atoms with Crippen molar-refractivity contribution in [2.75, 3.05) is 13.1 Å². The Morgan fingerprint density at radius 2 is 1.48 bits per heavy atom. The molecule has 0 bridgehead atoms. The van der Waals surface area contributed by atoms with Gasteiger partial charge in [-0.15, -0.1) is 0 Å². The Kier molecular flexibility index (Phi) is 6.32. The van der Waals surface area contributed by atoms with Crippen LogP contribution >= 0.6 is 0 Å². The van der Waals surface area contributed by atoms with Crippen molar-refractivity contribution < 1.29 is 15.0 Å². The number of aliphatic hydroxyl groups is 1. The van der Waals surface area contributed by atoms with Gasteiger partial charge in [-0.25, -0.2) is 4.79 Å². The first-order chi connectivity index (χ1) is 11.1. The highest BCUT2D eigenvalue weighted by atomic mass is 16.4. The van der Waals surface area contributed by atoms with E-state index in [0.717, 1.165) is 32.4 Å². The van der Waals surface area contributed by atoms with E-state index in [1.807, 2.05) is 18.2 Å². The second kappa shape index (κ2) is 8.46. The van der Waals surface area contributed by atoms with Gasteiger partial charge in [-0.05, 0) is 43.6 Å². The molecule has 1 fully saturated rings. The van der Waals surface area contributed by atoms with Crippen molar-refractivity contribution in [3.63, 3.8) is 0 Å². The van der Waals surface area contributed by atoms with Gasteiger partial charge in [-0.3, -0.25) is 0 Å². The van der Waals surface area contributed by atoms with Crippen LogP contribution in [0, 0.1) is 0 Å². The van der Waals surface area contributed by atoms with Crippen LogP contribution in [0.2, 0.25) is 0 Å². The van der Waals surface area contributed by atoms with E-state index in [1.165, 1.54) is 5.56 Å². The minimum absolute atomic E-state index is 0.331. The summed E-state index contributed by atoms with van der Waals surface area (Å²) < 4.78 is 0. The van der Waals surface area contributed by atoms with Gasteiger partial charge in [0.05, 0.1) is 11.2 Å². The molecule has 23 heavy (non-hydrogen) atoms. The molecule has 0 amide bonds. The van der Waals surface area contributed by atoms with Crippen LogP contribution in [0.15, 0.2) is 60.7 Å². The maximum Gasteiger partial charge on any atom is 0.335 e. The summed E-state index contributed by atoms with van der Waals surface area (Å²) in [5, 5.41) is 21.9. The van der Waals surface area contributed by atoms with Gasteiger partial charge >= 0.3 is 5.97 Å². The van der Waals surface area contributed by atoms with Gasteiger partial charge in [0.15, 0.2) is 0 Å². The number of hydrogen-bond donors (Lipinski definition) is 3. The number of aromatic carboxylic acids is 1. The van der Waals surface area contributed by atoms with Crippen LogP contribution in [-0.2, 0) is 6.42 Å². The second-order valence-electron chi connectivity index (χ2n) is 5.81. The lowest BCUT2D eigenvalue weighted by Gasteiger charge is -2.32. The molecule has 122 valence electrons. The van der Waals surface area contributed by atoms with E-state index >= 15 is 0 Å². The van der Waals surface area contributed by atoms with Crippen molar-refractivity contribution in [3.8, 4) is 0 Å². The highest BCUT2D eigenvalue weighted by molar-refractivity contribution is 5.87. The predicted octanol–water partition coefficient (Wildman–Crippen LogP) is 2.73. The zero-order valence-electron chi connectivity index (χ0n) is 13.1. The molecule has 3 N–H and O–H groups in total. The number of piperidine rings is 1. The number of hydrogen-bond acceptors (Lipinski definition) is 3. The Morgan fingerprint density at radius 1 is 0.957 bits per heavy atom. The smallest absolute Gasteiger partial charge is 0.335 e. The molecule has 1 aliphatic heterocycles. The van der Waals surface area contributed by atoms with E-state index in [4.69, 9.17) is 5.11 Å². The maximum atomic E-state index is 10.3. The molecule has 1 saturated heterocycles. The lowest BCUT2D eigenvalue weighted by atomic mass is 9.86. The van der Waals surface area contributed by atoms with Crippen LogP contribution in [0.5, 0.6) is 0 Å². The third-order valence-corrected chi connectivity index (χ3v) is 3.93. The van der Waals surface area contributed by atoms with Gasteiger partial charge in [0.2, 0.25) is 0 Å². The zero-order valence-corrected chi connectivity index (χ0v) is 13.1. The number of carboxylic acids is 1. The first-order valence-corrected chi connectivity index (χ1v) is 7.84. The molecule has 0 radical (unpaired) electrons. The Morgan fingerprint density at radius 3 is 1.96 bits per heavy atom. The molecule has 0 saturated carbocycles. The van der Waals surface area contributed by atoms with E-state index in [2.05, 4.69) is 17.4 Å². The van der Waals surface area contributed by atoms with Crippen molar-refractivity contribution in [3.05, 3.63) is 71.8 Å². The quantitative estimate of drug-likeness (QED) is 0.815. The SMILES string of the molecule is O=C(O)c1ccccc1.OC1(Cc2ccccc2)CCNCC1. The summed E-state index contributed by atoms with van der Waals surface area (Å²) in [6.45, 7) is 1.87.